The fourth-order valence-electron chi connectivity index (χ4n) is 3.18. The van der Waals surface area contributed by atoms with Crippen molar-refractivity contribution in [3.63, 3.8) is 0 Å². The van der Waals surface area contributed by atoms with E-state index >= 15 is 0 Å². The smallest absolute Gasteiger partial charge is 0.417 e. The summed E-state index contributed by atoms with van der Waals surface area (Å²) >= 11 is 1.26. The van der Waals surface area contributed by atoms with Crippen molar-refractivity contribution in [2.45, 2.75) is 46.5 Å². The summed E-state index contributed by atoms with van der Waals surface area (Å²) in [6.45, 7) is 3.26. The molecule has 30 heavy (non-hydrogen) atoms. The number of unbranched alkanes of at least 4 members (excludes halogenated alkanes) is 1. The molecule has 7 heteroatoms. The number of pyridine rings is 1. The first-order valence-corrected chi connectivity index (χ1v) is 13.5. The summed E-state index contributed by atoms with van der Waals surface area (Å²) in [5.41, 5.74) is 3.16. The van der Waals surface area contributed by atoms with Gasteiger partial charge in [0.1, 0.15) is 5.75 Å². The van der Waals surface area contributed by atoms with Gasteiger partial charge in [0.05, 0.1) is 29.3 Å². The summed E-state index contributed by atoms with van der Waals surface area (Å²) in [6.07, 6.45) is 3.40. The van der Waals surface area contributed by atoms with Gasteiger partial charge in [0.2, 0.25) is 0 Å². The fraction of sp³-hybridized carbons (Fsp3) is 0.391. The summed E-state index contributed by atoms with van der Waals surface area (Å²) in [4.78, 5) is 4.83. The Balaban J connectivity index is 2.03. The Kier molecular flexibility index (Phi) is 7.77. The minimum atomic E-state index is -3.31. The van der Waals surface area contributed by atoms with Crippen LogP contribution in [0.1, 0.15) is 51.2 Å². The van der Waals surface area contributed by atoms with Crippen molar-refractivity contribution < 1.29 is 13.6 Å². The molecule has 0 saturated heterocycles. The van der Waals surface area contributed by atoms with E-state index in [0.717, 1.165) is 46.6 Å². The number of aryl methyl sites for hydroxylation is 1. The van der Waals surface area contributed by atoms with Gasteiger partial charge in [-0.25, -0.2) is 9.55 Å². The van der Waals surface area contributed by atoms with Gasteiger partial charge in [-0.05, 0) is 67.0 Å². The van der Waals surface area contributed by atoms with Gasteiger partial charge < -0.3 is 4.52 Å². The van der Waals surface area contributed by atoms with Crippen LogP contribution in [0.2, 0.25) is 0 Å². The number of benzene rings is 2. The maximum Gasteiger partial charge on any atom is 0.440 e. The van der Waals surface area contributed by atoms with E-state index in [9.17, 15) is 4.57 Å². The van der Waals surface area contributed by atoms with Gasteiger partial charge in [0.25, 0.3) is 0 Å². The summed E-state index contributed by atoms with van der Waals surface area (Å²) < 4.78 is 25.1. The van der Waals surface area contributed by atoms with Gasteiger partial charge in [-0.2, -0.15) is 5.26 Å². The average molecular weight is 443 g/mol. The third-order valence-corrected chi connectivity index (χ3v) is 8.60. The second kappa shape index (κ2) is 10.3. The van der Waals surface area contributed by atoms with Crippen LogP contribution in [-0.4, -0.2) is 17.3 Å². The average Bonchev–Trinajstić information content (AvgIpc) is 2.76. The van der Waals surface area contributed by atoms with Crippen molar-refractivity contribution in [1.82, 2.24) is 4.98 Å². The lowest BCUT2D eigenvalue weighted by Gasteiger charge is -2.20. The molecule has 0 aliphatic heterocycles. The molecule has 1 aromatic heterocycles. The molecular weight excluding hydrogens is 415 g/mol. The second-order valence-electron chi connectivity index (χ2n) is 7.03. The van der Waals surface area contributed by atoms with Crippen molar-refractivity contribution in [2.24, 2.45) is 0 Å². The normalized spacial score (nSPS) is 13.3. The van der Waals surface area contributed by atoms with Crippen LogP contribution < -0.4 is 4.52 Å². The third kappa shape index (κ3) is 5.16. The highest BCUT2D eigenvalue weighted by Gasteiger charge is 2.28. The van der Waals surface area contributed by atoms with Gasteiger partial charge in [-0.1, -0.05) is 27.2 Å². The summed E-state index contributed by atoms with van der Waals surface area (Å²) in [6, 6.07) is 13.4. The molecule has 3 aromatic rings. The second-order valence-corrected chi connectivity index (χ2v) is 11.2. The molecule has 158 valence electrons. The van der Waals surface area contributed by atoms with Crippen LogP contribution in [0.3, 0.4) is 0 Å². The molecule has 0 fully saturated rings. The third-order valence-electron chi connectivity index (χ3n) is 4.74. The minimum absolute atomic E-state index is 0.420. The van der Waals surface area contributed by atoms with E-state index in [1.54, 1.807) is 6.07 Å². The van der Waals surface area contributed by atoms with Crippen molar-refractivity contribution in [3.8, 4) is 11.8 Å². The van der Waals surface area contributed by atoms with Crippen molar-refractivity contribution >= 4 is 40.0 Å². The Labute approximate surface area is 182 Å². The highest BCUT2D eigenvalue weighted by Crippen LogP contribution is 2.61. The Morgan fingerprint density at radius 1 is 1.10 bits per heavy atom. The lowest BCUT2D eigenvalue weighted by Crippen LogP contribution is -2.01. The first kappa shape index (κ1) is 22.6. The van der Waals surface area contributed by atoms with Gasteiger partial charge in [0.15, 0.2) is 0 Å². The van der Waals surface area contributed by atoms with Crippen LogP contribution in [-0.2, 0) is 15.5 Å². The van der Waals surface area contributed by atoms with Crippen LogP contribution in [0, 0.1) is 11.3 Å². The molecule has 2 aromatic carbocycles. The highest BCUT2D eigenvalue weighted by atomic mass is 32.7. The van der Waals surface area contributed by atoms with Crippen LogP contribution in [0.5, 0.6) is 5.75 Å². The molecule has 1 atom stereocenters. The topological polar surface area (TPSA) is 72.2 Å². The molecule has 0 saturated carbocycles. The fourth-order valence-corrected chi connectivity index (χ4v) is 6.59. The molecule has 0 aliphatic carbocycles. The monoisotopic (exact) mass is 442 g/mol. The van der Waals surface area contributed by atoms with E-state index in [1.165, 1.54) is 11.4 Å². The summed E-state index contributed by atoms with van der Waals surface area (Å²) in [7, 11) is 0. The SMILES string of the molecule is CCCCOP(=O)(Oc1ccc2cc3cc(C#N)ccc3nc2c1CC)SCCC. The number of aromatic nitrogens is 1. The minimum Gasteiger partial charge on any atom is -0.417 e. The quantitative estimate of drug-likeness (QED) is 0.187. The van der Waals surface area contributed by atoms with Crippen molar-refractivity contribution in [2.75, 3.05) is 12.4 Å². The van der Waals surface area contributed by atoms with E-state index in [2.05, 4.69) is 13.0 Å². The molecule has 1 unspecified atom stereocenters. The lowest BCUT2D eigenvalue weighted by atomic mass is 10.0. The largest absolute Gasteiger partial charge is 0.440 e. The Bertz CT molecular complexity index is 1130. The molecule has 5 nitrogen and oxygen atoms in total. The molecule has 0 amide bonds. The van der Waals surface area contributed by atoms with Crippen LogP contribution in [0.4, 0.5) is 0 Å². The predicted octanol–water partition coefficient (Wildman–Crippen LogP) is 7.27. The summed E-state index contributed by atoms with van der Waals surface area (Å²) in [5.74, 6) is 1.27. The Morgan fingerprint density at radius 3 is 2.63 bits per heavy atom. The van der Waals surface area contributed by atoms with E-state index in [4.69, 9.17) is 19.3 Å². The first-order valence-electron chi connectivity index (χ1n) is 10.4. The molecule has 0 aliphatic rings. The predicted molar refractivity (Wildman–Crippen MR) is 125 cm³/mol. The Morgan fingerprint density at radius 2 is 1.93 bits per heavy atom. The number of nitrogens with zero attached hydrogens (tertiary/aromatic N) is 2. The maximum absolute atomic E-state index is 13.4. The van der Waals surface area contributed by atoms with E-state index in [-0.39, 0.29) is 0 Å². The van der Waals surface area contributed by atoms with Gasteiger partial charge in [-0.15, -0.1) is 0 Å². The van der Waals surface area contributed by atoms with Gasteiger partial charge in [-0.3, -0.25) is 4.52 Å². The molecule has 0 bridgehead atoms. The van der Waals surface area contributed by atoms with Crippen molar-refractivity contribution in [1.29, 1.82) is 5.26 Å². The number of hydrogen-bond donors (Lipinski definition) is 0. The van der Waals surface area contributed by atoms with Gasteiger partial charge >= 0.3 is 6.80 Å². The number of fused-ring (bicyclic) bond motifs is 2. The summed E-state index contributed by atoms with van der Waals surface area (Å²) in [5, 5.41) is 11.0. The van der Waals surface area contributed by atoms with Crippen molar-refractivity contribution in [3.05, 3.63) is 47.5 Å². The zero-order valence-corrected chi connectivity index (χ0v) is 19.4. The lowest BCUT2D eigenvalue weighted by molar-refractivity contribution is 0.275. The van der Waals surface area contributed by atoms with E-state index < -0.39 is 6.80 Å². The van der Waals surface area contributed by atoms with Crippen LogP contribution in [0.25, 0.3) is 21.8 Å². The maximum atomic E-state index is 13.4. The highest BCUT2D eigenvalue weighted by molar-refractivity contribution is 8.55. The molecule has 1 heterocycles. The van der Waals surface area contributed by atoms with Crippen LogP contribution >= 0.6 is 18.2 Å². The van der Waals surface area contributed by atoms with Gasteiger partial charge in [0, 0.05) is 22.1 Å². The standard InChI is InChI=1S/C23H27N2O3PS/c1-4-7-12-27-29(26,30-13-5-2)28-22-11-9-18-15-19-14-17(16-24)8-10-21(19)25-23(18)20(22)6-3/h8-11,14-15H,4-7,12-13H2,1-3H3. The first-order chi connectivity index (χ1) is 14.5. The Hall–Kier alpha value is -2.06. The molecule has 3 rings (SSSR count). The van der Waals surface area contributed by atoms with Crippen LogP contribution in [0.15, 0.2) is 36.4 Å². The van der Waals surface area contributed by atoms with E-state index in [1.807, 2.05) is 44.2 Å². The number of rotatable bonds is 10. The zero-order valence-electron chi connectivity index (χ0n) is 17.7. The molecule has 0 radical (unpaired) electrons. The van der Waals surface area contributed by atoms with E-state index in [0.29, 0.717) is 30.1 Å². The number of hydrogen-bond acceptors (Lipinski definition) is 6. The molecule has 0 spiro atoms. The molecule has 0 N–H and O–H groups in total. The number of nitriles is 1. The zero-order chi connectivity index (χ0) is 21.6. The molecular formula is C23H27N2O3PS.